The van der Waals surface area contributed by atoms with Crippen molar-refractivity contribution in [2.45, 2.75) is 39.7 Å². The normalized spacial score (nSPS) is 28.2. The summed E-state index contributed by atoms with van der Waals surface area (Å²) in [6, 6.07) is 0.175. The van der Waals surface area contributed by atoms with Gasteiger partial charge in [0.2, 0.25) is 0 Å². The summed E-state index contributed by atoms with van der Waals surface area (Å²) in [6.45, 7) is 7.67. The molecule has 0 radical (unpaired) electrons. The lowest BCUT2D eigenvalue weighted by molar-refractivity contribution is 0.290. The molecule has 1 aliphatic rings. The third kappa shape index (κ3) is 2.86. The number of hydrogen-bond donors (Lipinski definition) is 2. The second kappa shape index (κ2) is 3.48. The van der Waals surface area contributed by atoms with E-state index >= 15 is 0 Å². The van der Waals surface area contributed by atoms with Crippen LogP contribution in [0.15, 0.2) is 11.8 Å². The molecule has 1 rings (SSSR count). The lowest BCUT2D eigenvalue weighted by atomic mass is 9.84. The second-order valence-electron chi connectivity index (χ2n) is 4.57. The van der Waals surface area contributed by atoms with Crippen LogP contribution in [0.2, 0.25) is 0 Å². The zero-order valence-electron chi connectivity index (χ0n) is 8.35. The number of nitrogens with two attached hydrogens (primary N) is 1. The fraction of sp³-hybridized carbons (Fsp3) is 0.800. The summed E-state index contributed by atoms with van der Waals surface area (Å²) < 4.78 is 0. The van der Waals surface area contributed by atoms with Gasteiger partial charge in [-0.05, 0) is 31.3 Å². The molecule has 1 atom stereocenters. The van der Waals surface area contributed by atoms with Crippen LogP contribution in [0.3, 0.4) is 0 Å². The highest BCUT2D eigenvalue weighted by Gasteiger charge is 2.22. The maximum Gasteiger partial charge on any atom is 0.0214 e. The maximum absolute atomic E-state index is 5.67. The van der Waals surface area contributed by atoms with Gasteiger partial charge in [0.1, 0.15) is 0 Å². The summed E-state index contributed by atoms with van der Waals surface area (Å²) in [5, 5.41) is 3.42. The van der Waals surface area contributed by atoms with Crippen LogP contribution in [0.4, 0.5) is 0 Å². The highest BCUT2D eigenvalue weighted by molar-refractivity contribution is 5.07. The Bertz CT molecular complexity index is 168. The molecule has 1 saturated heterocycles. The van der Waals surface area contributed by atoms with Crippen LogP contribution in [-0.4, -0.2) is 12.6 Å². The van der Waals surface area contributed by atoms with Crippen LogP contribution >= 0.6 is 0 Å². The molecule has 0 saturated carbocycles. The molecule has 0 aromatic carbocycles. The third-order valence-corrected chi connectivity index (χ3v) is 2.33. The van der Waals surface area contributed by atoms with Crippen molar-refractivity contribution in [2.75, 3.05) is 6.54 Å². The van der Waals surface area contributed by atoms with Crippen LogP contribution in [0.5, 0.6) is 0 Å². The van der Waals surface area contributed by atoms with E-state index in [2.05, 4.69) is 25.2 Å². The lowest BCUT2D eigenvalue weighted by Crippen LogP contribution is -2.35. The number of nitrogens with one attached hydrogen (secondary N) is 1. The molecule has 1 unspecified atom stereocenters. The van der Waals surface area contributed by atoms with E-state index in [9.17, 15) is 0 Å². The molecule has 0 amide bonds. The molecule has 1 aliphatic heterocycles. The van der Waals surface area contributed by atoms with E-state index in [0.717, 1.165) is 13.0 Å². The van der Waals surface area contributed by atoms with E-state index < -0.39 is 0 Å². The van der Waals surface area contributed by atoms with E-state index in [1.165, 1.54) is 12.1 Å². The third-order valence-electron chi connectivity index (χ3n) is 2.33. The average Bonchev–Trinajstić information content (AvgIpc) is 1.93. The molecule has 0 aliphatic carbocycles. The van der Waals surface area contributed by atoms with Crippen LogP contribution in [0, 0.1) is 5.41 Å². The van der Waals surface area contributed by atoms with Crippen molar-refractivity contribution in [2.24, 2.45) is 11.1 Å². The van der Waals surface area contributed by atoms with Gasteiger partial charge in [0.25, 0.3) is 0 Å². The van der Waals surface area contributed by atoms with E-state index in [1.54, 1.807) is 0 Å². The number of rotatable bonds is 1. The quantitative estimate of drug-likeness (QED) is 0.624. The first-order valence-electron chi connectivity index (χ1n) is 4.70. The fourth-order valence-corrected chi connectivity index (χ4v) is 1.46. The topological polar surface area (TPSA) is 38.0 Å². The summed E-state index contributed by atoms with van der Waals surface area (Å²) in [7, 11) is 0. The van der Waals surface area contributed by atoms with E-state index in [4.69, 9.17) is 5.73 Å². The first kappa shape index (κ1) is 9.59. The second-order valence-corrected chi connectivity index (χ2v) is 4.57. The van der Waals surface area contributed by atoms with Gasteiger partial charge in [0, 0.05) is 18.3 Å². The predicted molar refractivity (Wildman–Crippen MR) is 52.8 cm³/mol. The standard InChI is InChI=1S/C10H20N2/c1-8(11)6-9-4-5-10(2,3)7-12-9/h6,8,12H,4-5,7,11H2,1-3H3. The summed E-state index contributed by atoms with van der Waals surface area (Å²) >= 11 is 0. The first-order valence-corrected chi connectivity index (χ1v) is 4.70. The number of piperidine rings is 1. The van der Waals surface area contributed by atoms with E-state index in [1.807, 2.05) is 6.92 Å². The van der Waals surface area contributed by atoms with Gasteiger partial charge in [-0.15, -0.1) is 0 Å². The Labute approximate surface area is 75.2 Å². The van der Waals surface area contributed by atoms with E-state index in [-0.39, 0.29) is 6.04 Å². The molecule has 12 heavy (non-hydrogen) atoms. The van der Waals surface area contributed by atoms with Crippen molar-refractivity contribution in [1.82, 2.24) is 5.32 Å². The van der Waals surface area contributed by atoms with Crippen molar-refractivity contribution in [3.05, 3.63) is 11.8 Å². The monoisotopic (exact) mass is 168 g/mol. The molecule has 70 valence electrons. The van der Waals surface area contributed by atoms with Crippen molar-refractivity contribution < 1.29 is 0 Å². The summed E-state index contributed by atoms with van der Waals surface area (Å²) in [5.41, 5.74) is 7.45. The molecule has 3 N–H and O–H groups in total. The number of hydrogen-bond acceptors (Lipinski definition) is 2. The fourth-order valence-electron chi connectivity index (χ4n) is 1.46. The van der Waals surface area contributed by atoms with Crippen molar-refractivity contribution in [1.29, 1.82) is 0 Å². The SMILES string of the molecule is CC(N)C=C1CCC(C)(C)CN1. The lowest BCUT2D eigenvalue weighted by Gasteiger charge is -2.32. The van der Waals surface area contributed by atoms with E-state index in [0.29, 0.717) is 5.41 Å². The minimum Gasteiger partial charge on any atom is -0.388 e. The summed E-state index contributed by atoms with van der Waals surface area (Å²) in [4.78, 5) is 0. The van der Waals surface area contributed by atoms with Gasteiger partial charge in [-0.1, -0.05) is 13.8 Å². The zero-order valence-corrected chi connectivity index (χ0v) is 8.35. The Morgan fingerprint density at radius 3 is 2.67 bits per heavy atom. The van der Waals surface area contributed by atoms with Gasteiger partial charge < -0.3 is 11.1 Å². The highest BCUT2D eigenvalue weighted by atomic mass is 14.9. The summed E-state index contributed by atoms with van der Waals surface area (Å²) in [5.74, 6) is 0. The molecule has 2 nitrogen and oxygen atoms in total. The number of allylic oxidation sites excluding steroid dienone is 1. The van der Waals surface area contributed by atoms with Gasteiger partial charge in [0.15, 0.2) is 0 Å². The van der Waals surface area contributed by atoms with Crippen LogP contribution in [-0.2, 0) is 0 Å². The van der Waals surface area contributed by atoms with Crippen molar-refractivity contribution in [3.63, 3.8) is 0 Å². The molecule has 1 heterocycles. The Kier molecular flexibility index (Phi) is 2.78. The molecule has 2 heteroatoms. The van der Waals surface area contributed by atoms with Crippen LogP contribution in [0.25, 0.3) is 0 Å². The zero-order chi connectivity index (χ0) is 9.19. The largest absolute Gasteiger partial charge is 0.388 e. The molecular formula is C10H20N2. The molecule has 1 fully saturated rings. The highest BCUT2D eigenvalue weighted by Crippen LogP contribution is 2.27. The minimum absolute atomic E-state index is 0.175. The van der Waals surface area contributed by atoms with Gasteiger partial charge in [-0.3, -0.25) is 0 Å². The molecule has 0 aromatic heterocycles. The molecule has 0 aromatic rings. The Morgan fingerprint density at radius 1 is 1.58 bits per heavy atom. The van der Waals surface area contributed by atoms with Crippen LogP contribution < -0.4 is 11.1 Å². The minimum atomic E-state index is 0.175. The first-order chi connectivity index (χ1) is 5.49. The predicted octanol–water partition coefficient (Wildman–Crippen LogP) is 1.63. The van der Waals surface area contributed by atoms with Crippen LogP contribution in [0.1, 0.15) is 33.6 Å². The maximum atomic E-state index is 5.67. The molecular weight excluding hydrogens is 148 g/mol. The Morgan fingerprint density at radius 2 is 2.25 bits per heavy atom. The smallest absolute Gasteiger partial charge is 0.0214 e. The van der Waals surface area contributed by atoms with Gasteiger partial charge in [-0.2, -0.15) is 0 Å². The van der Waals surface area contributed by atoms with Gasteiger partial charge in [-0.25, -0.2) is 0 Å². The van der Waals surface area contributed by atoms with Gasteiger partial charge in [0.05, 0.1) is 0 Å². The molecule has 0 spiro atoms. The van der Waals surface area contributed by atoms with Crippen molar-refractivity contribution >= 4 is 0 Å². The van der Waals surface area contributed by atoms with Gasteiger partial charge >= 0.3 is 0 Å². The summed E-state index contributed by atoms with van der Waals surface area (Å²) in [6.07, 6.45) is 4.53. The Balaban J connectivity index is 2.46. The van der Waals surface area contributed by atoms with Crippen molar-refractivity contribution in [3.8, 4) is 0 Å². The molecule has 0 bridgehead atoms. The Hall–Kier alpha value is -0.500. The average molecular weight is 168 g/mol.